The number of amides is 1. The Morgan fingerprint density at radius 3 is 2.41 bits per heavy atom. The maximum atomic E-state index is 12.0. The maximum absolute atomic E-state index is 12.0. The molecule has 0 bridgehead atoms. The van der Waals surface area contributed by atoms with Gasteiger partial charge in [-0.1, -0.05) is 20.3 Å². The average Bonchev–Trinajstić information content (AvgIpc) is 2.89. The van der Waals surface area contributed by atoms with Crippen molar-refractivity contribution >= 4 is 11.9 Å². The van der Waals surface area contributed by atoms with E-state index in [2.05, 4.69) is 12.2 Å². The third-order valence-electron chi connectivity index (χ3n) is 4.23. The first kappa shape index (κ1) is 12.4. The molecular weight excluding hydrogens is 218 g/mol. The van der Waals surface area contributed by atoms with Crippen LogP contribution in [0.4, 0.5) is 0 Å². The molecule has 0 aromatic rings. The fraction of sp³-hybridized carbons (Fsp3) is 0.846. The summed E-state index contributed by atoms with van der Waals surface area (Å²) in [5, 5.41) is 12.1. The Labute approximate surface area is 102 Å². The van der Waals surface area contributed by atoms with E-state index in [4.69, 9.17) is 5.11 Å². The van der Waals surface area contributed by atoms with Gasteiger partial charge in [-0.2, -0.15) is 0 Å². The number of carboxylic acid groups (broad SMARTS) is 1. The predicted molar refractivity (Wildman–Crippen MR) is 63.3 cm³/mol. The SMILES string of the molecule is CCC1CC1NC(=O)[C@H]1CC(C)C[C@H]1C(=O)O. The first-order valence-electron chi connectivity index (χ1n) is 6.56. The molecule has 0 aliphatic heterocycles. The van der Waals surface area contributed by atoms with Crippen LogP contribution < -0.4 is 5.32 Å². The second kappa shape index (κ2) is 4.67. The number of aliphatic carboxylic acids is 1. The van der Waals surface area contributed by atoms with Gasteiger partial charge in [-0.05, 0) is 31.1 Å². The molecule has 96 valence electrons. The zero-order valence-electron chi connectivity index (χ0n) is 10.5. The average molecular weight is 239 g/mol. The van der Waals surface area contributed by atoms with Crippen LogP contribution in [-0.2, 0) is 9.59 Å². The van der Waals surface area contributed by atoms with Crippen molar-refractivity contribution in [3.63, 3.8) is 0 Å². The molecule has 2 rings (SSSR count). The van der Waals surface area contributed by atoms with Gasteiger partial charge in [0.15, 0.2) is 0 Å². The molecule has 2 saturated carbocycles. The molecule has 2 aliphatic rings. The molecule has 0 aromatic carbocycles. The number of carbonyl (C=O) groups excluding carboxylic acids is 1. The van der Waals surface area contributed by atoms with E-state index in [1.807, 2.05) is 6.92 Å². The quantitative estimate of drug-likeness (QED) is 0.784. The molecule has 0 spiro atoms. The fourth-order valence-electron chi connectivity index (χ4n) is 3.02. The van der Waals surface area contributed by atoms with Gasteiger partial charge in [0.25, 0.3) is 0 Å². The van der Waals surface area contributed by atoms with Gasteiger partial charge in [-0.25, -0.2) is 0 Å². The van der Waals surface area contributed by atoms with Crippen molar-refractivity contribution in [3.05, 3.63) is 0 Å². The van der Waals surface area contributed by atoms with E-state index in [-0.39, 0.29) is 11.8 Å². The minimum absolute atomic E-state index is 0.0392. The zero-order chi connectivity index (χ0) is 12.6. The van der Waals surface area contributed by atoms with Crippen molar-refractivity contribution in [2.24, 2.45) is 23.7 Å². The summed E-state index contributed by atoms with van der Waals surface area (Å²) in [6.07, 6.45) is 3.50. The summed E-state index contributed by atoms with van der Waals surface area (Å²) >= 11 is 0. The third-order valence-corrected chi connectivity index (χ3v) is 4.23. The van der Waals surface area contributed by atoms with Gasteiger partial charge in [-0.15, -0.1) is 0 Å². The highest BCUT2D eigenvalue weighted by Crippen LogP contribution is 2.38. The molecular formula is C13H21NO3. The lowest BCUT2D eigenvalue weighted by Crippen LogP contribution is -2.37. The summed E-state index contributed by atoms with van der Waals surface area (Å²) in [5.41, 5.74) is 0. The maximum Gasteiger partial charge on any atom is 0.307 e. The summed E-state index contributed by atoms with van der Waals surface area (Å²) in [6, 6.07) is 0.304. The fourth-order valence-corrected chi connectivity index (χ4v) is 3.02. The highest BCUT2D eigenvalue weighted by molar-refractivity contribution is 5.85. The van der Waals surface area contributed by atoms with E-state index in [0.717, 1.165) is 12.8 Å². The Balaban J connectivity index is 1.91. The number of carbonyl (C=O) groups is 2. The summed E-state index contributed by atoms with van der Waals surface area (Å²) < 4.78 is 0. The topological polar surface area (TPSA) is 66.4 Å². The Kier molecular flexibility index (Phi) is 3.40. The molecule has 2 fully saturated rings. The summed E-state index contributed by atoms with van der Waals surface area (Å²) in [7, 11) is 0. The predicted octanol–water partition coefficient (Wildman–Crippen LogP) is 1.65. The van der Waals surface area contributed by atoms with Crippen LogP contribution in [0.3, 0.4) is 0 Å². The Bertz CT molecular complexity index is 329. The van der Waals surface area contributed by atoms with Crippen LogP contribution in [-0.4, -0.2) is 23.0 Å². The van der Waals surface area contributed by atoms with Crippen LogP contribution in [0.2, 0.25) is 0 Å². The van der Waals surface area contributed by atoms with Gasteiger partial charge in [-0.3, -0.25) is 9.59 Å². The van der Waals surface area contributed by atoms with Crippen molar-refractivity contribution in [3.8, 4) is 0 Å². The number of rotatable bonds is 4. The van der Waals surface area contributed by atoms with E-state index < -0.39 is 11.9 Å². The number of hydrogen-bond acceptors (Lipinski definition) is 2. The van der Waals surface area contributed by atoms with Gasteiger partial charge in [0, 0.05) is 6.04 Å². The van der Waals surface area contributed by atoms with Crippen LogP contribution in [0.15, 0.2) is 0 Å². The van der Waals surface area contributed by atoms with Crippen LogP contribution in [0.5, 0.6) is 0 Å². The summed E-state index contributed by atoms with van der Waals surface area (Å²) in [4.78, 5) is 23.1. The summed E-state index contributed by atoms with van der Waals surface area (Å²) in [5.74, 6) is -0.710. The number of hydrogen-bond donors (Lipinski definition) is 2. The molecule has 0 radical (unpaired) electrons. The summed E-state index contributed by atoms with van der Waals surface area (Å²) in [6.45, 7) is 4.14. The molecule has 4 nitrogen and oxygen atoms in total. The monoisotopic (exact) mass is 239 g/mol. The zero-order valence-corrected chi connectivity index (χ0v) is 10.5. The van der Waals surface area contributed by atoms with Gasteiger partial charge in [0.1, 0.15) is 0 Å². The third kappa shape index (κ3) is 2.61. The van der Waals surface area contributed by atoms with Crippen molar-refractivity contribution in [2.75, 3.05) is 0 Å². The number of nitrogens with one attached hydrogen (secondary N) is 1. The first-order chi connectivity index (χ1) is 8.02. The van der Waals surface area contributed by atoms with Gasteiger partial charge < -0.3 is 10.4 Å². The minimum Gasteiger partial charge on any atom is -0.481 e. The van der Waals surface area contributed by atoms with E-state index in [9.17, 15) is 9.59 Å². The lowest BCUT2D eigenvalue weighted by Gasteiger charge is -2.15. The van der Waals surface area contributed by atoms with Crippen LogP contribution in [0.25, 0.3) is 0 Å². The van der Waals surface area contributed by atoms with E-state index in [1.54, 1.807) is 0 Å². The Morgan fingerprint density at radius 1 is 1.24 bits per heavy atom. The smallest absolute Gasteiger partial charge is 0.307 e. The molecule has 5 atom stereocenters. The van der Waals surface area contributed by atoms with Crippen molar-refractivity contribution in [1.29, 1.82) is 0 Å². The Hall–Kier alpha value is -1.06. The normalized spacial score (nSPS) is 40.0. The Morgan fingerprint density at radius 2 is 1.88 bits per heavy atom. The lowest BCUT2D eigenvalue weighted by atomic mass is 9.95. The van der Waals surface area contributed by atoms with Gasteiger partial charge >= 0.3 is 5.97 Å². The van der Waals surface area contributed by atoms with E-state index in [0.29, 0.717) is 30.7 Å². The molecule has 2 N–H and O–H groups in total. The molecule has 4 heteroatoms. The molecule has 1 amide bonds. The molecule has 17 heavy (non-hydrogen) atoms. The van der Waals surface area contributed by atoms with E-state index in [1.165, 1.54) is 0 Å². The second-order valence-corrected chi connectivity index (χ2v) is 5.65. The van der Waals surface area contributed by atoms with Gasteiger partial charge in [0.2, 0.25) is 5.91 Å². The van der Waals surface area contributed by atoms with Crippen LogP contribution in [0, 0.1) is 23.7 Å². The van der Waals surface area contributed by atoms with Crippen molar-refractivity contribution in [1.82, 2.24) is 5.32 Å². The van der Waals surface area contributed by atoms with Crippen LogP contribution in [0.1, 0.15) is 39.5 Å². The number of carboxylic acids is 1. The van der Waals surface area contributed by atoms with Crippen molar-refractivity contribution in [2.45, 2.75) is 45.6 Å². The highest BCUT2D eigenvalue weighted by Gasteiger charge is 2.44. The molecule has 0 aromatic heterocycles. The first-order valence-corrected chi connectivity index (χ1v) is 6.56. The standard InChI is InChI=1S/C13H21NO3/c1-3-8-6-11(8)14-12(15)9-4-7(2)5-10(9)13(16)17/h7-11H,3-6H2,1-2H3,(H,14,15)(H,16,17)/t7?,8?,9-,10+,11?/m0/s1. The van der Waals surface area contributed by atoms with Gasteiger partial charge in [0.05, 0.1) is 11.8 Å². The lowest BCUT2D eigenvalue weighted by molar-refractivity contribution is -0.146. The largest absolute Gasteiger partial charge is 0.481 e. The second-order valence-electron chi connectivity index (χ2n) is 5.65. The molecule has 3 unspecified atom stereocenters. The molecule has 0 heterocycles. The van der Waals surface area contributed by atoms with Crippen molar-refractivity contribution < 1.29 is 14.7 Å². The van der Waals surface area contributed by atoms with Crippen LogP contribution >= 0.6 is 0 Å². The molecule has 0 saturated heterocycles. The highest BCUT2D eigenvalue weighted by atomic mass is 16.4. The van der Waals surface area contributed by atoms with E-state index >= 15 is 0 Å². The molecule has 2 aliphatic carbocycles. The minimum atomic E-state index is -0.822.